The number of nitrogens with one attached hydrogen (secondary N) is 3. The molecule has 3 fully saturated rings. The molecule has 2 aliphatic carbocycles. The zero-order chi connectivity index (χ0) is 30.4. The van der Waals surface area contributed by atoms with E-state index < -0.39 is 28.7 Å². The van der Waals surface area contributed by atoms with E-state index in [9.17, 15) is 14.4 Å². The molecule has 1 aromatic carbocycles. The molecular formula is C31H38Cl2FN5O3. The zero-order valence-corrected chi connectivity index (χ0v) is 25.5. The van der Waals surface area contributed by atoms with Crippen molar-refractivity contribution >= 4 is 52.8 Å². The van der Waals surface area contributed by atoms with Gasteiger partial charge in [-0.05, 0) is 80.6 Å². The second-order valence-corrected chi connectivity index (χ2v) is 13.8. The minimum Gasteiger partial charge on any atom is -0.369 e. The molecule has 1 saturated heterocycles. The van der Waals surface area contributed by atoms with Crippen LogP contribution in [0.25, 0.3) is 0 Å². The molecule has 5 rings (SSSR count). The van der Waals surface area contributed by atoms with Crippen LogP contribution in [0.4, 0.5) is 10.1 Å². The van der Waals surface area contributed by atoms with Crippen LogP contribution in [0.3, 0.4) is 0 Å². The number of rotatable bonds is 6. The predicted octanol–water partition coefficient (Wildman–Crippen LogP) is 5.25. The number of nitrogens with two attached hydrogens (primary N) is 1. The first-order chi connectivity index (χ1) is 19.8. The Morgan fingerprint density at radius 2 is 1.83 bits per heavy atom. The van der Waals surface area contributed by atoms with Gasteiger partial charge in [0.1, 0.15) is 16.4 Å². The molecule has 2 saturated carbocycles. The van der Waals surface area contributed by atoms with E-state index in [0.29, 0.717) is 54.8 Å². The summed E-state index contributed by atoms with van der Waals surface area (Å²) in [6.45, 7) is 7.88. The Morgan fingerprint density at radius 1 is 1.17 bits per heavy atom. The van der Waals surface area contributed by atoms with E-state index in [0.717, 1.165) is 18.9 Å². The van der Waals surface area contributed by atoms with Crippen molar-refractivity contribution in [3.63, 3.8) is 0 Å². The largest absolute Gasteiger partial charge is 0.369 e. The smallest absolute Gasteiger partial charge is 0.238 e. The maximum absolute atomic E-state index is 16.6. The summed E-state index contributed by atoms with van der Waals surface area (Å²) in [6.07, 6.45) is 7.40. The maximum atomic E-state index is 16.6. The molecule has 226 valence electrons. The van der Waals surface area contributed by atoms with E-state index in [2.05, 4.69) is 41.4 Å². The lowest BCUT2D eigenvalue weighted by atomic mass is 9.54. The van der Waals surface area contributed by atoms with Crippen molar-refractivity contribution in [3.05, 3.63) is 52.4 Å². The fourth-order valence-corrected chi connectivity index (χ4v) is 7.94. The monoisotopic (exact) mass is 617 g/mol. The van der Waals surface area contributed by atoms with E-state index in [1.54, 1.807) is 18.2 Å². The topological polar surface area (TPSA) is 126 Å². The van der Waals surface area contributed by atoms with Crippen molar-refractivity contribution in [1.82, 2.24) is 10.6 Å². The van der Waals surface area contributed by atoms with Gasteiger partial charge >= 0.3 is 0 Å². The average molecular weight is 619 g/mol. The van der Waals surface area contributed by atoms with Gasteiger partial charge in [-0.1, -0.05) is 49.7 Å². The highest BCUT2D eigenvalue weighted by molar-refractivity contribution is 6.31. The number of carbonyl (C=O) groups excluding carboxylic acids is 3. The summed E-state index contributed by atoms with van der Waals surface area (Å²) in [5, 5.41) is 10.1. The number of anilines is 1. The third kappa shape index (κ3) is 5.28. The third-order valence-corrected chi connectivity index (χ3v) is 10.3. The number of hydrogen-bond acceptors (Lipinski definition) is 5. The normalized spacial score (nSPS) is 31.7. The Labute approximate surface area is 255 Å². The minimum atomic E-state index is -1.43. The quantitative estimate of drug-likeness (QED) is 0.257. The lowest BCUT2D eigenvalue weighted by molar-refractivity contribution is -0.126. The summed E-state index contributed by atoms with van der Waals surface area (Å²) < 4.78 is 16.6. The molecule has 1 aromatic rings. The number of amides is 3. The van der Waals surface area contributed by atoms with Crippen LogP contribution in [-0.2, 0) is 19.8 Å². The minimum absolute atomic E-state index is 0.0243. The standard InChI is InChI=1S/C31H38Cl2FN5O3/c1-17(32)36-15-10-22(34)24-25(27(41)37-20-7-4-18(5-8-20)26(35)40)39-30(13-11-29(2,3)12-14-30)31(24)21-9-6-19(33)16-23(21)38-28(31)42/h6,9-10,15-16,18,20,24-25,39H,1,4-5,7-8,11-14H2,2-3H3,(H2,35,40)(H,37,41)(H,38,42)/b22-10-,36-15?/t18?,20?,24-,25+,31+/m0/s1. The highest BCUT2D eigenvalue weighted by atomic mass is 35.5. The zero-order valence-electron chi connectivity index (χ0n) is 23.9. The first kappa shape index (κ1) is 30.7. The van der Waals surface area contributed by atoms with E-state index in [1.807, 2.05) is 0 Å². The molecule has 0 bridgehead atoms. The highest BCUT2D eigenvalue weighted by Crippen LogP contribution is 2.62. The number of carbonyl (C=O) groups is 3. The summed E-state index contributed by atoms with van der Waals surface area (Å²) in [5.41, 5.74) is 4.33. The summed E-state index contributed by atoms with van der Waals surface area (Å²) in [7, 11) is 0. The maximum Gasteiger partial charge on any atom is 0.238 e. The van der Waals surface area contributed by atoms with Crippen LogP contribution >= 0.6 is 23.2 Å². The number of nitrogens with zero attached hydrogens (tertiary/aromatic N) is 1. The van der Waals surface area contributed by atoms with E-state index in [4.69, 9.17) is 28.9 Å². The summed E-state index contributed by atoms with van der Waals surface area (Å²) >= 11 is 12.1. The molecule has 4 aliphatic rings. The summed E-state index contributed by atoms with van der Waals surface area (Å²) in [5.74, 6) is -3.15. The summed E-state index contributed by atoms with van der Waals surface area (Å²) in [4.78, 5) is 44.0. The molecule has 2 heterocycles. The van der Waals surface area contributed by atoms with Gasteiger partial charge in [-0.15, -0.1) is 0 Å². The van der Waals surface area contributed by atoms with Crippen molar-refractivity contribution in [3.8, 4) is 0 Å². The molecule has 3 atom stereocenters. The molecule has 42 heavy (non-hydrogen) atoms. The van der Waals surface area contributed by atoms with Crippen LogP contribution < -0.4 is 21.7 Å². The molecule has 5 N–H and O–H groups in total. The predicted molar refractivity (Wildman–Crippen MR) is 163 cm³/mol. The Bertz CT molecular complexity index is 1360. The van der Waals surface area contributed by atoms with Gasteiger partial charge < -0.3 is 16.4 Å². The van der Waals surface area contributed by atoms with E-state index in [-0.39, 0.29) is 40.3 Å². The van der Waals surface area contributed by atoms with Gasteiger partial charge in [0.2, 0.25) is 17.7 Å². The number of allylic oxidation sites excluding steroid dienone is 1. The first-order valence-electron chi connectivity index (χ1n) is 14.5. The number of hydrogen-bond donors (Lipinski definition) is 4. The van der Waals surface area contributed by atoms with Crippen molar-refractivity contribution < 1.29 is 18.8 Å². The van der Waals surface area contributed by atoms with Crippen LogP contribution in [0.15, 0.2) is 46.8 Å². The fourth-order valence-electron chi connectivity index (χ4n) is 7.71. The Balaban J connectivity index is 1.61. The molecule has 11 heteroatoms. The fraction of sp³-hybridized carbons (Fsp3) is 0.548. The van der Waals surface area contributed by atoms with Gasteiger partial charge in [-0.3, -0.25) is 19.7 Å². The van der Waals surface area contributed by atoms with Gasteiger partial charge in [-0.2, -0.15) is 0 Å². The molecule has 0 radical (unpaired) electrons. The van der Waals surface area contributed by atoms with Gasteiger partial charge in [0.05, 0.1) is 12.0 Å². The highest BCUT2D eigenvalue weighted by Gasteiger charge is 2.73. The number of aliphatic imine (C=N–C) groups is 1. The number of primary amides is 1. The molecule has 0 unspecified atom stereocenters. The molecule has 8 nitrogen and oxygen atoms in total. The Hall–Kier alpha value is -2.75. The molecule has 2 spiro atoms. The number of fused-ring (bicyclic) bond motifs is 3. The number of halogens is 3. The third-order valence-electron chi connectivity index (χ3n) is 9.96. The van der Waals surface area contributed by atoms with E-state index in [1.165, 1.54) is 6.21 Å². The second kappa shape index (κ2) is 11.4. The average Bonchev–Trinajstić information content (AvgIpc) is 3.38. The van der Waals surface area contributed by atoms with E-state index >= 15 is 4.39 Å². The van der Waals surface area contributed by atoms with Crippen molar-refractivity contribution in [2.75, 3.05) is 5.32 Å². The van der Waals surface area contributed by atoms with Crippen LogP contribution in [0.5, 0.6) is 0 Å². The van der Waals surface area contributed by atoms with Crippen LogP contribution in [-0.4, -0.2) is 41.6 Å². The van der Waals surface area contributed by atoms with Crippen LogP contribution in [0, 0.1) is 17.3 Å². The Kier molecular flexibility index (Phi) is 8.33. The second-order valence-electron chi connectivity index (χ2n) is 13.0. The molecule has 2 aliphatic heterocycles. The van der Waals surface area contributed by atoms with Crippen molar-refractivity contribution in [2.45, 2.75) is 88.3 Å². The first-order valence-corrected chi connectivity index (χ1v) is 15.3. The molecular weight excluding hydrogens is 580 g/mol. The van der Waals surface area contributed by atoms with Crippen LogP contribution in [0.2, 0.25) is 5.02 Å². The molecule has 0 aromatic heterocycles. The van der Waals surface area contributed by atoms with Crippen molar-refractivity contribution in [1.29, 1.82) is 0 Å². The lowest BCUT2D eigenvalue weighted by Gasteiger charge is -2.50. The van der Waals surface area contributed by atoms with Gasteiger partial charge in [0.25, 0.3) is 0 Å². The van der Waals surface area contributed by atoms with Crippen LogP contribution in [0.1, 0.15) is 70.8 Å². The van der Waals surface area contributed by atoms with Gasteiger partial charge in [-0.25, -0.2) is 9.38 Å². The van der Waals surface area contributed by atoms with Gasteiger partial charge in [0.15, 0.2) is 0 Å². The Morgan fingerprint density at radius 3 is 2.45 bits per heavy atom. The summed E-state index contributed by atoms with van der Waals surface area (Å²) in [6, 6.07) is 3.90. The number of benzene rings is 1. The van der Waals surface area contributed by atoms with Crippen molar-refractivity contribution in [2.24, 2.45) is 28.0 Å². The SMILES string of the molecule is C=C(Cl)N=C/C=C(\F)[C@H]1[C@H](C(=O)NC2CCC(C(N)=O)CC2)NC2(CCC(C)(C)CC2)[C@@]12C(=O)Nc1cc(Cl)ccc12. The molecule has 3 amide bonds. The lowest BCUT2D eigenvalue weighted by Crippen LogP contribution is -2.61. The van der Waals surface area contributed by atoms with Gasteiger partial charge in [0, 0.05) is 34.4 Å².